The number of imide groups is 1. The molecule has 0 aliphatic carbocycles. The number of amides is 3. The maximum Gasteiger partial charge on any atom is 0.407 e. The molecule has 3 aliphatic heterocycles. The first-order valence-corrected chi connectivity index (χ1v) is 11.3. The monoisotopic (exact) mass is 478 g/mol. The number of hydrogen-bond acceptors (Lipinski definition) is 7. The second-order valence-corrected chi connectivity index (χ2v) is 8.80. The number of alkyl carbamates (subject to hydrolysis) is 1. The van der Waals surface area contributed by atoms with Gasteiger partial charge in [-0.05, 0) is 23.3 Å². The predicted octanol–water partition coefficient (Wildman–Crippen LogP) is 2.44. The van der Waals surface area contributed by atoms with Crippen molar-refractivity contribution < 1.29 is 33.3 Å². The van der Waals surface area contributed by atoms with Crippen LogP contribution >= 0.6 is 0 Å². The maximum atomic E-state index is 13.3. The van der Waals surface area contributed by atoms with Gasteiger partial charge in [0.25, 0.3) is 0 Å². The third kappa shape index (κ3) is 4.12. The number of ether oxygens (including phenoxy) is 4. The molecule has 0 spiro atoms. The van der Waals surface area contributed by atoms with Crippen LogP contribution in [0.4, 0.5) is 4.79 Å². The Hall–Kier alpha value is -3.85. The van der Waals surface area contributed by atoms with Crippen molar-refractivity contribution in [3.63, 3.8) is 0 Å². The van der Waals surface area contributed by atoms with Crippen molar-refractivity contribution in [3.05, 3.63) is 71.8 Å². The van der Waals surface area contributed by atoms with Gasteiger partial charge >= 0.3 is 6.09 Å². The van der Waals surface area contributed by atoms with Gasteiger partial charge in [0.05, 0.1) is 45.2 Å². The topological polar surface area (TPSA) is 103 Å². The first-order chi connectivity index (χ1) is 16.9. The molecule has 2 fully saturated rings. The molecule has 3 amide bonds. The molecule has 9 nitrogen and oxygen atoms in total. The molecule has 0 aromatic heterocycles. The van der Waals surface area contributed by atoms with E-state index in [1.807, 2.05) is 30.3 Å². The third-order valence-electron chi connectivity index (χ3n) is 6.72. The molecular formula is C26H26N2O7. The first-order valence-electron chi connectivity index (χ1n) is 11.3. The molecule has 35 heavy (non-hydrogen) atoms. The number of benzene rings is 2. The number of nitrogens with zero attached hydrogens (tertiary/aromatic N) is 1. The molecule has 3 aliphatic rings. The molecule has 0 saturated carbocycles. The van der Waals surface area contributed by atoms with Gasteiger partial charge in [0.2, 0.25) is 11.8 Å². The molecule has 2 aromatic rings. The van der Waals surface area contributed by atoms with E-state index in [0.29, 0.717) is 17.1 Å². The van der Waals surface area contributed by atoms with E-state index in [1.54, 1.807) is 44.6 Å². The highest BCUT2D eigenvalue weighted by Crippen LogP contribution is 2.51. The first kappa shape index (κ1) is 22.9. The number of hydrogen-bond donors (Lipinski definition) is 1. The molecule has 4 atom stereocenters. The Kier molecular flexibility index (Phi) is 5.94. The van der Waals surface area contributed by atoms with Gasteiger partial charge in [-0.15, -0.1) is 0 Å². The van der Waals surface area contributed by atoms with Crippen molar-refractivity contribution in [1.29, 1.82) is 0 Å². The van der Waals surface area contributed by atoms with Crippen molar-refractivity contribution in [2.45, 2.75) is 24.9 Å². The second-order valence-electron chi connectivity index (χ2n) is 8.80. The van der Waals surface area contributed by atoms with Gasteiger partial charge in [-0.25, -0.2) is 4.79 Å². The average molecular weight is 479 g/mol. The van der Waals surface area contributed by atoms with Gasteiger partial charge < -0.3 is 24.3 Å². The van der Waals surface area contributed by atoms with Crippen LogP contribution in [0.25, 0.3) is 0 Å². The van der Waals surface area contributed by atoms with Gasteiger partial charge in [0.1, 0.15) is 23.7 Å². The van der Waals surface area contributed by atoms with Crippen LogP contribution in [0.3, 0.4) is 0 Å². The average Bonchev–Trinajstić information content (AvgIpc) is 3.53. The zero-order chi connectivity index (χ0) is 24.6. The summed E-state index contributed by atoms with van der Waals surface area (Å²) in [6.45, 7) is 0.230. The minimum Gasteiger partial charge on any atom is -0.497 e. The van der Waals surface area contributed by atoms with Crippen LogP contribution < -0.4 is 14.8 Å². The second kappa shape index (κ2) is 9.07. The highest BCUT2D eigenvalue weighted by Gasteiger charge is 2.67. The Morgan fingerprint density at radius 2 is 1.74 bits per heavy atom. The maximum absolute atomic E-state index is 13.3. The Balaban J connectivity index is 1.23. The molecule has 0 unspecified atom stereocenters. The Morgan fingerprint density at radius 3 is 2.43 bits per heavy atom. The third-order valence-corrected chi connectivity index (χ3v) is 6.72. The predicted molar refractivity (Wildman–Crippen MR) is 123 cm³/mol. The van der Waals surface area contributed by atoms with Crippen molar-refractivity contribution in [1.82, 2.24) is 10.2 Å². The highest BCUT2D eigenvalue weighted by molar-refractivity contribution is 6.07. The highest BCUT2D eigenvalue weighted by atomic mass is 16.6. The van der Waals surface area contributed by atoms with Gasteiger partial charge in [-0.1, -0.05) is 42.5 Å². The fourth-order valence-electron chi connectivity index (χ4n) is 5.05. The van der Waals surface area contributed by atoms with Gasteiger partial charge in [-0.2, -0.15) is 0 Å². The molecule has 5 rings (SSSR count). The number of nitrogens with one attached hydrogen (secondary N) is 1. The summed E-state index contributed by atoms with van der Waals surface area (Å²) in [6.07, 6.45) is 2.43. The van der Waals surface area contributed by atoms with Crippen LogP contribution in [0, 0.1) is 11.8 Å². The number of carbonyl (C=O) groups excluding carboxylic acids is 3. The minimum absolute atomic E-state index is 0.0000379. The van der Waals surface area contributed by atoms with Crippen LogP contribution in [-0.2, 0) is 32.2 Å². The lowest BCUT2D eigenvalue weighted by molar-refractivity contribution is -0.144. The molecular weight excluding hydrogens is 452 g/mol. The summed E-state index contributed by atoms with van der Waals surface area (Å²) >= 11 is 0. The van der Waals surface area contributed by atoms with Gasteiger partial charge in [0.15, 0.2) is 0 Å². The van der Waals surface area contributed by atoms with E-state index in [-0.39, 0.29) is 31.5 Å². The summed E-state index contributed by atoms with van der Waals surface area (Å²) < 4.78 is 21.9. The summed E-state index contributed by atoms with van der Waals surface area (Å²) in [6, 6.07) is 14.6. The van der Waals surface area contributed by atoms with Crippen molar-refractivity contribution in [2.75, 3.05) is 20.8 Å². The van der Waals surface area contributed by atoms with E-state index in [9.17, 15) is 14.4 Å². The van der Waals surface area contributed by atoms with Crippen molar-refractivity contribution in [2.24, 2.45) is 11.8 Å². The summed E-state index contributed by atoms with van der Waals surface area (Å²) in [4.78, 5) is 40.2. The Labute approximate surface area is 202 Å². The SMILES string of the molecule is COc1cc(COC(=O)NC[C@@]23C=C[C@@H](O2)[C@@H]2C(=O)N(Cc4ccccc4)C(=O)[C@@H]23)cc(OC)c1. The lowest BCUT2D eigenvalue weighted by Crippen LogP contribution is -2.48. The molecule has 9 heteroatoms. The van der Waals surface area contributed by atoms with Crippen molar-refractivity contribution >= 4 is 17.9 Å². The van der Waals surface area contributed by atoms with Crippen LogP contribution in [0.1, 0.15) is 11.1 Å². The molecule has 2 aromatic carbocycles. The van der Waals surface area contributed by atoms with E-state index in [1.165, 1.54) is 4.90 Å². The number of fused-ring (bicyclic) bond motifs is 5. The van der Waals surface area contributed by atoms with E-state index in [0.717, 1.165) is 5.56 Å². The molecule has 3 heterocycles. The molecule has 1 N–H and O–H groups in total. The summed E-state index contributed by atoms with van der Waals surface area (Å²) in [5.41, 5.74) is 0.493. The Morgan fingerprint density at radius 1 is 1.03 bits per heavy atom. The standard InChI is InChI=1S/C26H26N2O7/c1-32-18-10-17(11-19(12-18)33-2)14-34-25(31)27-15-26-9-8-20(35-26)21-22(26)24(30)28(23(21)29)13-16-6-4-3-5-7-16/h3-12,20-22H,13-15H2,1-2H3,(H,27,31)/t20-,21+,22-,26-/m1/s1. The molecule has 182 valence electrons. The largest absolute Gasteiger partial charge is 0.497 e. The van der Waals surface area contributed by atoms with E-state index in [4.69, 9.17) is 18.9 Å². The number of methoxy groups -OCH3 is 2. The molecule has 2 saturated heterocycles. The summed E-state index contributed by atoms with van der Waals surface area (Å²) in [5, 5.41) is 2.70. The van der Waals surface area contributed by atoms with Crippen LogP contribution in [0.5, 0.6) is 11.5 Å². The lowest BCUT2D eigenvalue weighted by atomic mass is 9.77. The van der Waals surface area contributed by atoms with E-state index < -0.39 is 29.6 Å². The normalized spacial score (nSPS) is 26.1. The summed E-state index contributed by atoms with van der Waals surface area (Å²) in [5.74, 6) is -0.627. The zero-order valence-electron chi connectivity index (χ0n) is 19.4. The van der Waals surface area contributed by atoms with Crippen LogP contribution in [-0.4, -0.2) is 55.3 Å². The smallest absolute Gasteiger partial charge is 0.407 e. The number of carbonyl (C=O) groups is 3. The Bertz CT molecular complexity index is 1160. The van der Waals surface area contributed by atoms with E-state index >= 15 is 0 Å². The van der Waals surface area contributed by atoms with Crippen LogP contribution in [0.2, 0.25) is 0 Å². The van der Waals surface area contributed by atoms with Crippen molar-refractivity contribution in [3.8, 4) is 11.5 Å². The summed E-state index contributed by atoms with van der Waals surface area (Å²) in [7, 11) is 3.08. The minimum atomic E-state index is -1.08. The van der Waals surface area contributed by atoms with Gasteiger partial charge in [0, 0.05) is 6.07 Å². The fraction of sp³-hybridized carbons (Fsp3) is 0.346. The quantitative estimate of drug-likeness (QED) is 0.459. The molecule has 2 bridgehead atoms. The molecule has 0 radical (unpaired) electrons. The van der Waals surface area contributed by atoms with E-state index in [2.05, 4.69) is 5.32 Å². The van der Waals surface area contributed by atoms with Crippen LogP contribution in [0.15, 0.2) is 60.7 Å². The zero-order valence-corrected chi connectivity index (χ0v) is 19.4. The number of likely N-dealkylation sites (tertiary alicyclic amines) is 1. The van der Waals surface area contributed by atoms with Gasteiger partial charge in [-0.3, -0.25) is 14.5 Å². The number of rotatable bonds is 8. The lowest BCUT2D eigenvalue weighted by Gasteiger charge is -2.29. The fourth-order valence-corrected chi connectivity index (χ4v) is 5.05.